The summed E-state index contributed by atoms with van der Waals surface area (Å²) >= 11 is 5.40. The number of hydrogen-bond donors (Lipinski definition) is 0. The molecule has 0 aliphatic rings. The van der Waals surface area contributed by atoms with Crippen LogP contribution in [0.3, 0.4) is 0 Å². The Hall–Kier alpha value is -0.850. The molecule has 9 heavy (non-hydrogen) atoms. The first kappa shape index (κ1) is 8.15. The van der Waals surface area contributed by atoms with Gasteiger partial charge in [0.1, 0.15) is 5.17 Å². The number of hydrogen-bond acceptors (Lipinski definition) is 2. The quantitative estimate of drug-likeness (QED) is 0.416. The molecule has 48 valence electrons. The molecule has 0 fully saturated rings. The van der Waals surface area contributed by atoms with Crippen LogP contribution in [0.2, 0.25) is 0 Å². The van der Waals surface area contributed by atoms with Crippen LogP contribution in [0.25, 0.3) is 0 Å². The van der Waals surface area contributed by atoms with Crippen molar-refractivity contribution in [2.75, 3.05) is 0 Å². The van der Waals surface area contributed by atoms with Crippen molar-refractivity contribution in [1.29, 1.82) is 0 Å². The molecule has 0 heterocycles. The van der Waals surface area contributed by atoms with E-state index in [9.17, 15) is 0 Å². The van der Waals surface area contributed by atoms with Crippen molar-refractivity contribution in [3.63, 3.8) is 0 Å². The minimum atomic E-state index is 0.322. The second kappa shape index (κ2) is 4.07. The highest BCUT2D eigenvalue weighted by atomic mass is 35.5. The van der Waals surface area contributed by atoms with E-state index in [1.807, 2.05) is 0 Å². The van der Waals surface area contributed by atoms with E-state index in [0.29, 0.717) is 11.0 Å². The Labute approximate surface area is 59.3 Å². The summed E-state index contributed by atoms with van der Waals surface area (Å²) in [5.41, 5.74) is 2.45. The Bertz CT molecular complexity index is 183. The van der Waals surface area contributed by atoms with Crippen molar-refractivity contribution < 1.29 is 0 Å². The average molecular weight is 143 g/mol. The summed E-state index contributed by atoms with van der Waals surface area (Å²) in [7, 11) is 0. The maximum Gasteiger partial charge on any atom is 0.196 e. The van der Waals surface area contributed by atoms with Gasteiger partial charge in [-0.2, -0.15) is 0 Å². The van der Waals surface area contributed by atoms with Crippen LogP contribution in [0.1, 0.15) is 6.92 Å². The maximum atomic E-state index is 5.40. The molecule has 0 atom stereocenters. The zero-order valence-corrected chi connectivity index (χ0v) is 5.94. The van der Waals surface area contributed by atoms with Gasteiger partial charge in [0.05, 0.1) is 0 Å². The molecule has 0 aromatic rings. The van der Waals surface area contributed by atoms with Crippen LogP contribution in [0.5, 0.6) is 0 Å². The molecule has 0 aromatic carbocycles. The van der Waals surface area contributed by atoms with Crippen molar-refractivity contribution in [1.82, 2.24) is 0 Å². The molecule has 0 aromatic heterocycles. The SMILES string of the molecule is C=C=C(N=C)N=C(C)Cl. The minimum Gasteiger partial charge on any atom is -0.238 e. The zero-order valence-electron chi connectivity index (χ0n) is 5.19. The van der Waals surface area contributed by atoms with Crippen LogP contribution in [0.15, 0.2) is 28.1 Å². The van der Waals surface area contributed by atoms with Crippen molar-refractivity contribution >= 4 is 23.5 Å². The highest BCUT2D eigenvalue weighted by Gasteiger charge is 1.84. The normalized spacial score (nSPS) is 10.2. The summed E-state index contributed by atoms with van der Waals surface area (Å²) in [5, 5.41) is 0.397. The van der Waals surface area contributed by atoms with Gasteiger partial charge in [0.15, 0.2) is 5.82 Å². The molecule has 0 saturated carbocycles. The smallest absolute Gasteiger partial charge is 0.196 e. The van der Waals surface area contributed by atoms with Gasteiger partial charge in [-0.15, -0.1) is 0 Å². The van der Waals surface area contributed by atoms with Crippen molar-refractivity contribution in [3.05, 3.63) is 18.1 Å². The van der Waals surface area contributed by atoms with Gasteiger partial charge < -0.3 is 0 Å². The Morgan fingerprint density at radius 1 is 1.67 bits per heavy atom. The maximum absolute atomic E-state index is 5.40. The molecule has 0 unspecified atom stereocenters. The molecular formula is C6H7ClN2. The molecule has 0 aliphatic carbocycles. The van der Waals surface area contributed by atoms with E-state index in [0.717, 1.165) is 0 Å². The van der Waals surface area contributed by atoms with Gasteiger partial charge in [-0.05, 0) is 13.6 Å². The monoisotopic (exact) mass is 142 g/mol. The summed E-state index contributed by atoms with van der Waals surface area (Å²) in [6, 6.07) is 0. The van der Waals surface area contributed by atoms with Crippen molar-refractivity contribution in [2.45, 2.75) is 6.92 Å². The summed E-state index contributed by atoms with van der Waals surface area (Å²) in [6.07, 6.45) is 0. The second-order valence-corrected chi connectivity index (χ2v) is 1.81. The largest absolute Gasteiger partial charge is 0.238 e. The number of aliphatic imine (C=N–C) groups is 2. The summed E-state index contributed by atoms with van der Waals surface area (Å²) in [6.45, 7) is 8.20. The van der Waals surface area contributed by atoms with Crippen LogP contribution in [-0.2, 0) is 0 Å². The van der Waals surface area contributed by atoms with E-state index in [1.165, 1.54) is 0 Å². The van der Waals surface area contributed by atoms with E-state index in [2.05, 4.69) is 29.0 Å². The molecule has 0 aliphatic heterocycles. The van der Waals surface area contributed by atoms with Gasteiger partial charge in [0.25, 0.3) is 0 Å². The van der Waals surface area contributed by atoms with E-state index >= 15 is 0 Å². The zero-order chi connectivity index (χ0) is 7.28. The Kier molecular flexibility index (Phi) is 3.69. The lowest BCUT2D eigenvalue weighted by atomic mass is 10.7. The molecular weight excluding hydrogens is 136 g/mol. The lowest BCUT2D eigenvalue weighted by Crippen LogP contribution is -1.75. The van der Waals surface area contributed by atoms with Crippen LogP contribution in [0, 0.1) is 0 Å². The predicted octanol–water partition coefficient (Wildman–Crippen LogP) is 1.97. The van der Waals surface area contributed by atoms with Gasteiger partial charge in [-0.25, -0.2) is 9.98 Å². The van der Waals surface area contributed by atoms with Crippen molar-refractivity contribution in [2.24, 2.45) is 9.98 Å². The first-order valence-corrected chi connectivity index (χ1v) is 2.66. The fourth-order valence-electron chi connectivity index (χ4n) is 0.277. The molecule has 0 spiro atoms. The highest BCUT2D eigenvalue weighted by molar-refractivity contribution is 6.64. The van der Waals surface area contributed by atoms with Crippen LogP contribution in [-0.4, -0.2) is 11.9 Å². The third-order valence-electron chi connectivity index (χ3n) is 0.568. The Morgan fingerprint density at radius 2 is 2.22 bits per heavy atom. The molecule has 0 rings (SSSR count). The molecule has 3 heteroatoms. The number of halogens is 1. The van der Waals surface area contributed by atoms with Crippen LogP contribution in [0.4, 0.5) is 0 Å². The predicted molar refractivity (Wildman–Crippen MR) is 41.2 cm³/mol. The van der Waals surface area contributed by atoms with Crippen LogP contribution < -0.4 is 0 Å². The standard InChI is InChI=1S/C6H7ClN2/c1-4-6(8-3)9-5(2)7/h1,3H2,2H3. The van der Waals surface area contributed by atoms with Gasteiger partial charge >= 0.3 is 0 Å². The first-order valence-electron chi connectivity index (χ1n) is 2.28. The highest BCUT2D eigenvalue weighted by Crippen LogP contribution is 1.96. The van der Waals surface area contributed by atoms with E-state index < -0.39 is 0 Å². The Morgan fingerprint density at radius 3 is 2.33 bits per heavy atom. The summed E-state index contributed by atoms with van der Waals surface area (Å²) in [4.78, 5) is 7.18. The van der Waals surface area contributed by atoms with Crippen molar-refractivity contribution in [3.8, 4) is 0 Å². The third kappa shape index (κ3) is 3.71. The molecule has 0 saturated heterocycles. The lowest BCUT2D eigenvalue weighted by Gasteiger charge is -1.85. The fourth-order valence-corrected chi connectivity index (χ4v) is 0.357. The second-order valence-electron chi connectivity index (χ2n) is 1.27. The van der Waals surface area contributed by atoms with Gasteiger partial charge in [-0.1, -0.05) is 23.9 Å². The molecule has 2 nitrogen and oxygen atoms in total. The molecule has 0 radical (unpaired) electrons. The number of nitrogens with zero attached hydrogens (tertiary/aromatic N) is 2. The van der Waals surface area contributed by atoms with Crippen LogP contribution >= 0.6 is 11.6 Å². The lowest BCUT2D eigenvalue weighted by molar-refractivity contribution is 1.27. The van der Waals surface area contributed by atoms with E-state index in [1.54, 1.807) is 6.92 Å². The van der Waals surface area contributed by atoms with Gasteiger partial charge in [-0.3, -0.25) is 0 Å². The Balaban J connectivity index is 4.37. The van der Waals surface area contributed by atoms with Gasteiger partial charge in [0.2, 0.25) is 0 Å². The molecule has 0 N–H and O–H groups in total. The molecule has 0 amide bonds. The fraction of sp³-hybridized carbons (Fsp3) is 0.167. The van der Waals surface area contributed by atoms with E-state index in [4.69, 9.17) is 11.6 Å². The van der Waals surface area contributed by atoms with E-state index in [-0.39, 0.29) is 0 Å². The first-order chi connectivity index (χ1) is 4.20. The summed E-state index contributed by atoms with van der Waals surface area (Å²) in [5.74, 6) is 0.322. The molecule has 0 bridgehead atoms. The summed E-state index contributed by atoms with van der Waals surface area (Å²) < 4.78 is 0. The minimum absolute atomic E-state index is 0.322. The number of rotatable bonds is 2. The topological polar surface area (TPSA) is 24.7 Å². The van der Waals surface area contributed by atoms with Gasteiger partial charge in [0, 0.05) is 0 Å². The average Bonchev–Trinajstić information content (AvgIpc) is 1.82. The third-order valence-corrected chi connectivity index (χ3v) is 0.652.